The van der Waals surface area contributed by atoms with Crippen LogP contribution < -0.4 is 5.32 Å². The van der Waals surface area contributed by atoms with E-state index in [1.807, 2.05) is 29.7 Å². The molecule has 0 unspecified atom stereocenters. The van der Waals surface area contributed by atoms with Gasteiger partial charge in [-0.05, 0) is 36.4 Å². The number of hydrogen-bond acceptors (Lipinski definition) is 4. The third-order valence-electron chi connectivity index (χ3n) is 3.13. The normalized spacial score (nSPS) is 14.6. The summed E-state index contributed by atoms with van der Waals surface area (Å²) in [7, 11) is 0. The summed E-state index contributed by atoms with van der Waals surface area (Å²) >= 11 is 1.60. The zero-order valence-corrected chi connectivity index (χ0v) is 11.8. The number of carbonyl (C=O) groups is 1. The minimum absolute atomic E-state index is 0.106. The van der Waals surface area contributed by atoms with Gasteiger partial charge in [-0.2, -0.15) is 0 Å². The zero-order valence-electron chi connectivity index (χ0n) is 11.0. The fourth-order valence-corrected chi connectivity index (χ4v) is 2.51. The van der Waals surface area contributed by atoms with E-state index in [0.717, 1.165) is 16.3 Å². The minimum atomic E-state index is -0.106. The first-order valence-corrected chi connectivity index (χ1v) is 7.49. The van der Waals surface area contributed by atoms with Crippen LogP contribution in [-0.2, 0) is 11.3 Å². The first-order chi connectivity index (χ1) is 9.81. The molecular formula is C15H15N3OS. The maximum Gasteiger partial charge on any atom is 0.244 e. The summed E-state index contributed by atoms with van der Waals surface area (Å²) in [6.45, 7) is 0.440. The molecule has 1 fully saturated rings. The Morgan fingerprint density at radius 3 is 3.10 bits per heavy atom. The quantitative estimate of drug-likeness (QED) is 0.859. The largest absolute Gasteiger partial charge is 0.347 e. The molecule has 0 radical (unpaired) electrons. The first-order valence-electron chi connectivity index (χ1n) is 6.61. The summed E-state index contributed by atoms with van der Waals surface area (Å²) in [5, 5.41) is 4.82. The van der Waals surface area contributed by atoms with Crippen LogP contribution in [0.5, 0.6) is 0 Å². The lowest BCUT2D eigenvalue weighted by Crippen LogP contribution is -2.21. The molecule has 0 spiro atoms. The first kappa shape index (κ1) is 13.0. The molecule has 0 saturated heterocycles. The highest BCUT2D eigenvalue weighted by molar-refractivity contribution is 7.10. The summed E-state index contributed by atoms with van der Waals surface area (Å²) in [6.07, 6.45) is 7.37. The Morgan fingerprint density at radius 2 is 2.35 bits per heavy atom. The second kappa shape index (κ2) is 5.96. The number of thiophene rings is 1. The van der Waals surface area contributed by atoms with Gasteiger partial charge in [0, 0.05) is 22.6 Å². The third kappa shape index (κ3) is 3.51. The van der Waals surface area contributed by atoms with Gasteiger partial charge < -0.3 is 5.32 Å². The van der Waals surface area contributed by atoms with Crippen LogP contribution in [-0.4, -0.2) is 15.9 Å². The Bertz CT molecular complexity index is 618. The lowest BCUT2D eigenvalue weighted by Gasteiger charge is -2.03. The Hall–Kier alpha value is -2.01. The van der Waals surface area contributed by atoms with E-state index in [0.29, 0.717) is 12.5 Å². The van der Waals surface area contributed by atoms with E-state index in [-0.39, 0.29) is 5.91 Å². The highest BCUT2D eigenvalue weighted by Crippen LogP contribution is 2.38. The van der Waals surface area contributed by atoms with Crippen molar-refractivity contribution in [3.8, 4) is 0 Å². The van der Waals surface area contributed by atoms with Crippen molar-refractivity contribution in [2.45, 2.75) is 25.3 Å². The molecule has 2 aromatic rings. The molecule has 2 aromatic heterocycles. The molecule has 1 aliphatic carbocycles. The van der Waals surface area contributed by atoms with Crippen molar-refractivity contribution in [2.75, 3.05) is 0 Å². The van der Waals surface area contributed by atoms with E-state index < -0.39 is 0 Å². The molecule has 0 atom stereocenters. The molecular weight excluding hydrogens is 270 g/mol. The van der Waals surface area contributed by atoms with Crippen LogP contribution in [0.25, 0.3) is 6.08 Å². The molecule has 1 amide bonds. The highest BCUT2D eigenvalue weighted by atomic mass is 32.1. The lowest BCUT2D eigenvalue weighted by atomic mass is 10.2. The number of nitrogens with zero attached hydrogens (tertiary/aromatic N) is 2. The van der Waals surface area contributed by atoms with Crippen LogP contribution in [0.4, 0.5) is 0 Å². The van der Waals surface area contributed by atoms with Gasteiger partial charge in [0.2, 0.25) is 5.91 Å². The van der Waals surface area contributed by atoms with Gasteiger partial charge in [-0.1, -0.05) is 6.07 Å². The van der Waals surface area contributed by atoms with Gasteiger partial charge >= 0.3 is 0 Å². The molecule has 0 bridgehead atoms. The molecule has 3 rings (SSSR count). The third-order valence-corrected chi connectivity index (χ3v) is 3.96. The molecule has 102 valence electrons. The molecule has 20 heavy (non-hydrogen) atoms. The second-order valence-electron chi connectivity index (χ2n) is 4.78. The number of amides is 1. The van der Waals surface area contributed by atoms with Crippen molar-refractivity contribution in [3.63, 3.8) is 0 Å². The smallest absolute Gasteiger partial charge is 0.244 e. The standard InChI is InChI=1S/C15H15N3OS/c19-15(6-5-13-2-1-7-20-13)16-9-12-8-14(11-3-4-11)18-10-17-12/h1-2,5-8,10-11H,3-4,9H2,(H,16,19)/b6-5+. The number of aromatic nitrogens is 2. The SMILES string of the molecule is O=C(/C=C/c1cccs1)NCc1cc(C2CC2)ncn1. The Balaban J connectivity index is 1.53. The average molecular weight is 285 g/mol. The molecule has 0 aromatic carbocycles. The average Bonchev–Trinajstić information content (AvgIpc) is 3.20. The minimum Gasteiger partial charge on any atom is -0.347 e. The van der Waals surface area contributed by atoms with E-state index >= 15 is 0 Å². The Labute approximate surface area is 121 Å². The van der Waals surface area contributed by atoms with Gasteiger partial charge in [0.05, 0.1) is 12.2 Å². The van der Waals surface area contributed by atoms with Gasteiger partial charge in [-0.25, -0.2) is 9.97 Å². The van der Waals surface area contributed by atoms with Crippen LogP contribution in [0.1, 0.15) is 35.0 Å². The molecule has 2 heterocycles. The summed E-state index contributed by atoms with van der Waals surface area (Å²) < 4.78 is 0. The van der Waals surface area contributed by atoms with E-state index in [9.17, 15) is 4.79 Å². The van der Waals surface area contributed by atoms with E-state index in [2.05, 4.69) is 15.3 Å². The van der Waals surface area contributed by atoms with E-state index in [1.165, 1.54) is 12.8 Å². The monoisotopic (exact) mass is 285 g/mol. The fraction of sp³-hybridized carbons (Fsp3) is 0.267. The maximum atomic E-state index is 11.7. The maximum absolute atomic E-state index is 11.7. The molecule has 0 aliphatic heterocycles. The van der Waals surface area contributed by atoms with Crippen molar-refractivity contribution in [1.29, 1.82) is 0 Å². The van der Waals surface area contributed by atoms with Crippen molar-refractivity contribution in [1.82, 2.24) is 15.3 Å². The van der Waals surface area contributed by atoms with E-state index in [1.54, 1.807) is 23.7 Å². The molecule has 1 aliphatic rings. The zero-order chi connectivity index (χ0) is 13.8. The Morgan fingerprint density at radius 1 is 1.45 bits per heavy atom. The van der Waals surface area contributed by atoms with Gasteiger partial charge in [-0.3, -0.25) is 4.79 Å². The summed E-state index contributed by atoms with van der Waals surface area (Å²) in [6, 6.07) is 5.92. The number of nitrogens with one attached hydrogen (secondary N) is 1. The summed E-state index contributed by atoms with van der Waals surface area (Å²) in [4.78, 5) is 21.2. The predicted molar refractivity (Wildman–Crippen MR) is 79.2 cm³/mol. The molecule has 1 saturated carbocycles. The van der Waals surface area contributed by atoms with Gasteiger partial charge in [0.25, 0.3) is 0 Å². The van der Waals surface area contributed by atoms with Crippen molar-refractivity contribution >= 4 is 23.3 Å². The molecule has 1 N–H and O–H groups in total. The number of rotatable bonds is 5. The van der Waals surface area contributed by atoms with Gasteiger partial charge in [0.1, 0.15) is 6.33 Å². The summed E-state index contributed by atoms with van der Waals surface area (Å²) in [5.41, 5.74) is 1.96. The Kier molecular flexibility index (Phi) is 3.87. The fourth-order valence-electron chi connectivity index (χ4n) is 1.89. The second-order valence-corrected chi connectivity index (χ2v) is 5.75. The highest BCUT2D eigenvalue weighted by Gasteiger charge is 2.25. The van der Waals surface area contributed by atoms with Crippen LogP contribution in [0.2, 0.25) is 0 Å². The number of hydrogen-bond donors (Lipinski definition) is 1. The van der Waals surface area contributed by atoms with Crippen LogP contribution in [0.15, 0.2) is 36.0 Å². The van der Waals surface area contributed by atoms with Crippen LogP contribution in [0, 0.1) is 0 Å². The van der Waals surface area contributed by atoms with Crippen molar-refractivity contribution in [2.24, 2.45) is 0 Å². The molecule has 5 heteroatoms. The predicted octanol–water partition coefficient (Wildman–Crippen LogP) is 2.75. The lowest BCUT2D eigenvalue weighted by molar-refractivity contribution is -0.116. The van der Waals surface area contributed by atoms with Gasteiger partial charge in [-0.15, -0.1) is 11.3 Å². The van der Waals surface area contributed by atoms with E-state index in [4.69, 9.17) is 0 Å². The number of carbonyl (C=O) groups excluding carboxylic acids is 1. The van der Waals surface area contributed by atoms with Crippen LogP contribution in [0.3, 0.4) is 0 Å². The topological polar surface area (TPSA) is 54.9 Å². The van der Waals surface area contributed by atoms with Gasteiger partial charge in [0.15, 0.2) is 0 Å². The van der Waals surface area contributed by atoms with Crippen LogP contribution >= 0.6 is 11.3 Å². The van der Waals surface area contributed by atoms with Crippen molar-refractivity contribution < 1.29 is 4.79 Å². The van der Waals surface area contributed by atoms with Crippen molar-refractivity contribution in [3.05, 3.63) is 52.2 Å². The summed E-state index contributed by atoms with van der Waals surface area (Å²) in [5.74, 6) is 0.496. The molecule has 4 nitrogen and oxygen atoms in total.